The minimum absolute atomic E-state index is 0.000343. The number of carbonyl (C=O) groups is 1. The molecule has 2 N–H and O–H groups in total. The van der Waals surface area contributed by atoms with Crippen LogP contribution in [0.5, 0.6) is 0 Å². The molecule has 2 heterocycles. The number of anilines is 1. The second-order valence-corrected chi connectivity index (χ2v) is 9.17. The number of amides is 1. The maximum atomic E-state index is 12.9. The number of nitrogens with one attached hydrogen (secondary N) is 2. The molecule has 1 aliphatic rings. The standard InChI is InChI=1S/C21H20BrClF3N5O/c22-14-7-8-31-18(10-14)29-20(30-31)27-11-12-1-4-15(5-2-12)28-19(32)16-9-13(21(24,25)26)3-6-17(16)23/h3,6-10,12,15H,1-2,4-5,11H2,(H,27,30)(H,28,32)/t12-,15-. The van der Waals surface area contributed by atoms with Crippen molar-refractivity contribution in [3.8, 4) is 0 Å². The molecule has 0 saturated heterocycles. The van der Waals surface area contributed by atoms with E-state index in [1.165, 1.54) is 0 Å². The van der Waals surface area contributed by atoms with Crippen LogP contribution in [0.1, 0.15) is 41.6 Å². The molecule has 11 heteroatoms. The number of benzene rings is 1. The van der Waals surface area contributed by atoms with Crippen molar-refractivity contribution in [2.24, 2.45) is 5.92 Å². The lowest BCUT2D eigenvalue weighted by Crippen LogP contribution is -2.38. The molecule has 0 unspecified atom stereocenters. The second kappa shape index (κ2) is 9.27. The van der Waals surface area contributed by atoms with Crippen molar-refractivity contribution in [2.45, 2.75) is 37.9 Å². The molecule has 170 valence electrons. The van der Waals surface area contributed by atoms with E-state index in [4.69, 9.17) is 11.6 Å². The van der Waals surface area contributed by atoms with E-state index in [0.717, 1.165) is 54.0 Å². The number of hydrogen-bond acceptors (Lipinski definition) is 4. The Morgan fingerprint density at radius 3 is 2.66 bits per heavy atom. The smallest absolute Gasteiger partial charge is 0.353 e. The number of fused-ring (bicyclic) bond motifs is 1. The first-order chi connectivity index (χ1) is 15.2. The monoisotopic (exact) mass is 529 g/mol. The summed E-state index contributed by atoms with van der Waals surface area (Å²) in [4.78, 5) is 17.0. The van der Waals surface area contributed by atoms with Gasteiger partial charge in [-0.25, -0.2) is 4.52 Å². The van der Waals surface area contributed by atoms with Gasteiger partial charge in [0.15, 0.2) is 5.65 Å². The average Bonchev–Trinajstić information content (AvgIpc) is 3.14. The summed E-state index contributed by atoms with van der Waals surface area (Å²) in [5, 5.41) is 10.5. The van der Waals surface area contributed by atoms with Gasteiger partial charge in [0.1, 0.15) is 0 Å². The molecule has 1 aromatic carbocycles. The Morgan fingerprint density at radius 2 is 1.94 bits per heavy atom. The van der Waals surface area contributed by atoms with Crippen molar-refractivity contribution in [1.82, 2.24) is 19.9 Å². The molecular weight excluding hydrogens is 511 g/mol. The van der Waals surface area contributed by atoms with Gasteiger partial charge in [0.25, 0.3) is 5.91 Å². The predicted molar refractivity (Wildman–Crippen MR) is 119 cm³/mol. The van der Waals surface area contributed by atoms with E-state index in [1.807, 2.05) is 18.3 Å². The maximum Gasteiger partial charge on any atom is 0.416 e. The zero-order chi connectivity index (χ0) is 22.9. The predicted octanol–water partition coefficient (Wildman–Crippen LogP) is 5.56. The van der Waals surface area contributed by atoms with Gasteiger partial charge in [-0.3, -0.25) is 4.79 Å². The van der Waals surface area contributed by atoms with Crippen LogP contribution in [0.2, 0.25) is 5.02 Å². The molecule has 1 saturated carbocycles. The Hall–Kier alpha value is -2.33. The zero-order valence-electron chi connectivity index (χ0n) is 16.8. The van der Waals surface area contributed by atoms with E-state index < -0.39 is 17.6 Å². The molecule has 3 aromatic rings. The first-order valence-corrected chi connectivity index (χ1v) is 11.3. The van der Waals surface area contributed by atoms with Gasteiger partial charge in [0, 0.05) is 23.3 Å². The van der Waals surface area contributed by atoms with Crippen LogP contribution >= 0.6 is 27.5 Å². The summed E-state index contributed by atoms with van der Waals surface area (Å²) in [5.74, 6) is 0.360. The molecule has 0 spiro atoms. The number of nitrogens with zero attached hydrogens (tertiary/aromatic N) is 3. The first-order valence-electron chi connectivity index (χ1n) is 10.1. The van der Waals surface area contributed by atoms with Gasteiger partial charge in [-0.1, -0.05) is 27.5 Å². The number of rotatable bonds is 5. The van der Waals surface area contributed by atoms with Crippen molar-refractivity contribution in [3.05, 3.63) is 57.2 Å². The Bertz CT molecular complexity index is 1130. The van der Waals surface area contributed by atoms with E-state index in [2.05, 4.69) is 36.6 Å². The average molecular weight is 531 g/mol. The van der Waals surface area contributed by atoms with E-state index in [-0.39, 0.29) is 16.6 Å². The largest absolute Gasteiger partial charge is 0.416 e. The van der Waals surface area contributed by atoms with Gasteiger partial charge < -0.3 is 10.6 Å². The van der Waals surface area contributed by atoms with Crippen LogP contribution in [0.3, 0.4) is 0 Å². The molecule has 0 atom stereocenters. The van der Waals surface area contributed by atoms with Crippen molar-refractivity contribution in [2.75, 3.05) is 11.9 Å². The summed E-state index contributed by atoms with van der Waals surface area (Å²) in [6.45, 7) is 0.707. The van der Waals surface area contributed by atoms with Crippen LogP contribution in [-0.2, 0) is 6.18 Å². The molecule has 1 aliphatic carbocycles. The lowest BCUT2D eigenvalue weighted by molar-refractivity contribution is -0.137. The molecule has 6 nitrogen and oxygen atoms in total. The van der Waals surface area contributed by atoms with Crippen molar-refractivity contribution in [3.63, 3.8) is 0 Å². The lowest BCUT2D eigenvalue weighted by Gasteiger charge is -2.29. The fourth-order valence-corrected chi connectivity index (χ4v) is 4.34. The minimum atomic E-state index is -4.53. The number of pyridine rings is 1. The van der Waals surface area contributed by atoms with Gasteiger partial charge in [0.05, 0.1) is 16.1 Å². The molecule has 0 radical (unpaired) electrons. The van der Waals surface area contributed by atoms with Gasteiger partial charge >= 0.3 is 6.18 Å². The Balaban J connectivity index is 1.28. The highest BCUT2D eigenvalue weighted by atomic mass is 79.9. The minimum Gasteiger partial charge on any atom is -0.353 e. The second-order valence-electron chi connectivity index (χ2n) is 7.85. The van der Waals surface area contributed by atoms with Crippen molar-refractivity contribution < 1.29 is 18.0 Å². The molecule has 4 rings (SSSR count). The number of alkyl halides is 3. The number of carbonyl (C=O) groups excluding carboxylic acids is 1. The number of hydrogen-bond donors (Lipinski definition) is 2. The highest BCUT2D eigenvalue weighted by Crippen LogP contribution is 2.32. The molecule has 2 aromatic heterocycles. The third-order valence-electron chi connectivity index (χ3n) is 5.57. The summed E-state index contributed by atoms with van der Waals surface area (Å²) in [6, 6.07) is 6.43. The summed E-state index contributed by atoms with van der Waals surface area (Å²) in [7, 11) is 0. The Morgan fingerprint density at radius 1 is 1.19 bits per heavy atom. The normalized spacial score (nSPS) is 19.2. The van der Waals surface area contributed by atoms with E-state index in [0.29, 0.717) is 18.4 Å². The zero-order valence-corrected chi connectivity index (χ0v) is 19.1. The highest BCUT2D eigenvalue weighted by molar-refractivity contribution is 9.10. The van der Waals surface area contributed by atoms with Crippen molar-refractivity contribution in [1.29, 1.82) is 0 Å². The lowest BCUT2D eigenvalue weighted by atomic mass is 9.86. The fourth-order valence-electron chi connectivity index (χ4n) is 3.82. The van der Waals surface area contributed by atoms with Gasteiger partial charge in [0.2, 0.25) is 5.95 Å². The first kappa shape index (κ1) is 22.8. The van der Waals surface area contributed by atoms with Crippen LogP contribution in [0.4, 0.5) is 19.1 Å². The molecule has 1 amide bonds. The third-order valence-corrected chi connectivity index (χ3v) is 6.39. The number of halogens is 5. The Labute approximate surface area is 195 Å². The topological polar surface area (TPSA) is 71.3 Å². The molecule has 0 aliphatic heterocycles. The van der Waals surface area contributed by atoms with Crippen LogP contribution < -0.4 is 10.6 Å². The fraction of sp³-hybridized carbons (Fsp3) is 0.381. The van der Waals surface area contributed by atoms with Gasteiger partial charge in [-0.15, -0.1) is 5.10 Å². The van der Waals surface area contributed by atoms with Crippen LogP contribution in [-0.4, -0.2) is 33.1 Å². The van der Waals surface area contributed by atoms with Gasteiger partial charge in [-0.2, -0.15) is 18.2 Å². The van der Waals surface area contributed by atoms with E-state index in [1.54, 1.807) is 4.52 Å². The summed E-state index contributed by atoms with van der Waals surface area (Å²) in [5.41, 5.74) is -0.314. The summed E-state index contributed by atoms with van der Waals surface area (Å²) >= 11 is 9.37. The highest BCUT2D eigenvalue weighted by Gasteiger charge is 2.32. The molecular formula is C21H20BrClF3N5O. The molecule has 1 fully saturated rings. The van der Waals surface area contributed by atoms with Crippen LogP contribution in [0.25, 0.3) is 5.65 Å². The van der Waals surface area contributed by atoms with E-state index >= 15 is 0 Å². The third kappa shape index (κ3) is 5.35. The molecule has 32 heavy (non-hydrogen) atoms. The number of aromatic nitrogens is 3. The summed E-state index contributed by atoms with van der Waals surface area (Å²) in [6.07, 6.45) is 0.500. The quantitative estimate of drug-likeness (QED) is 0.453. The van der Waals surface area contributed by atoms with Gasteiger partial charge in [-0.05, 0) is 61.9 Å². The van der Waals surface area contributed by atoms with Crippen molar-refractivity contribution >= 4 is 45.0 Å². The van der Waals surface area contributed by atoms with Crippen LogP contribution in [0, 0.1) is 5.92 Å². The molecule has 0 bridgehead atoms. The van der Waals surface area contributed by atoms with E-state index in [9.17, 15) is 18.0 Å². The summed E-state index contributed by atoms with van der Waals surface area (Å²) < 4.78 is 41.5. The van der Waals surface area contributed by atoms with Crippen LogP contribution in [0.15, 0.2) is 41.0 Å². The Kier molecular flexibility index (Phi) is 6.62. The maximum absolute atomic E-state index is 12.9. The SMILES string of the molecule is O=C(N[C@H]1CC[C@H](CNc2nc3cc(Br)ccn3n2)CC1)c1cc(C(F)(F)F)ccc1Cl.